The molecule has 0 aliphatic rings. The lowest BCUT2D eigenvalue weighted by Gasteiger charge is -2.25. The Labute approximate surface area is 488 Å². The third-order valence-corrected chi connectivity index (χ3v) is 14.9. The van der Waals surface area contributed by atoms with Gasteiger partial charge in [-0.2, -0.15) is 0 Å². The number of hydrogen-bond donors (Lipinski definition) is 3. The van der Waals surface area contributed by atoms with E-state index in [0.717, 1.165) is 96.3 Å². The summed E-state index contributed by atoms with van der Waals surface area (Å²) in [5.41, 5.74) is 0. The molecule has 0 aliphatic heterocycles. The third kappa shape index (κ3) is 62.4. The Morgan fingerprint density at radius 3 is 1.11 bits per heavy atom. The van der Waals surface area contributed by atoms with Crippen LogP contribution in [0.3, 0.4) is 0 Å². The van der Waals surface area contributed by atoms with Crippen LogP contribution in [-0.4, -0.2) is 73.4 Å². The fraction of sp³-hybridized carbons (Fsp3) is 0.700. The molecule has 0 heterocycles. The van der Waals surface area contributed by atoms with E-state index in [-0.39, 0.29) is 19.1 Å². The van der Waals surface area contributed by atoms with Gasteiger partial charge in [0.25, 0.3) is 0 Å². The van der Waals surface area contributed by atoms with Gasteiger partial charge >= 0.3 is 7.82 Å². The summed E-state index contributed by atoms with van der Waals surface area (Å²) in [4.78, 5) is 23.4. The number of amides is 1. The van der Waals surface area contributed by atoms with Gasteiger partial charge in [0.2, 0.25) is 5.91 Å². The van der Waals surface area contributed by atoms with E-state index in [4.69, 9.17) is 9.05 Å². The number of aliphatic hydroxyl groups excluding tert-OH is 1. The Morgan fingerprint density at radius 2 is 0.759 bits per heavy atom. The summed E-state index contributed by atoms with van der Waals surface area (Å²) in [6.45, 7) is 4.71. The number of allylic oxidation sites excluding steroid dienone is 19. The summed E-state index contributed by atoms with van der Waals surface area (Å²) >= 11 is 0. The minimum atomic E-state index is -4.36. The molecule has 8 nitrogen and oxygen atoms in total. The molecular weight excluding hydrogens is 996 g/mol. The molecule has 0 aromatic rings. The minimum Gasteiger partial charge on any atom is -0.387 e. The number of unbranched alkanes of at least 4 members (excludes halogenated alkanes) is 27. The number of carbonyl (C=O) groups is 1. The number of likely N-dealkylation sites (N-methyl/N-ethyl adjacent to an activating group) is 1. The van der Waals surface area contributed by atoms with Crippen LogP contribution in [0.15, 0.2) is 122 Å². The highest BCUT2D eigenvalue weighted by atomic mass is 31.2. The first-order chi connectivity index (χ1) is 38.5. The fourth-order valence-electron chi connectivity index (χ4n) is 8.92. The standard InChI is InChI=1S/C70H123N2O6P/c1-6-8-10-12-14-16-18-20-22-24-26-27-28-29-30-31-32-33-34-35-36-37-38-39-40-41-42-43-44-45-46-48-50-52-54-56-58-60-62-64-70(74)71-68(67-78-79(75,76)77-66-65-72(3,4)5)69(73)63-61-59-57-55-53-51-49-47-25-23-21-19-17-15-13-11-9-7-2/h8,10,14,16,20,22,26-27,29-30,32-33,35-36,38-39,41-42,61,63,68-69,73H,6-7,9,11-13,15,17-19,21,23-25,28,31,34,37,40,43-60,62,64-67H2,1-5H3,(H-,71,74,75,76)/p+1/b10-8-,16-14-,22-20-,27-26-,30-29-,33-32-,36-35-,39-38-,42-41-,63-61+. The monoisotopic (exact) mass is 1120 g/mol. The lowest BCUT2D eigenvalue weighted by molar-refractivity contribution is -0.870. The van der Waals surface area contributed by atoms with E-state index in [1.807, 2.05) is 27.2 Å². The molecule has 0 saturated carbocycles. The molecule has 1 amide bonds. The summed E-state index contributed by atoms with van der Waals surface area (Å²) in [5.74, 6) is -0.183. The number of hydrogen-bond acceptors (Lipinski definition) is 5. The molecule has 3 N–H and O–H groups in total. The van der Waals surface area contributed by atoms with Gasteiger partial charge in [0, 0.05) is 6.42 Å². The molecule has 0 aliphatic carbocycles. The minimum absolute atomic E-state index is 0.0564. The summed E-state index contributed by atoms with van der Waals surface area (Å²) in [6, 6.07) is -0.856. The van der Waals surface area contributed by atoms with Gasteiger partial charge in [0.05, 0.1) is 39.9 Å². The number of aliphatic hydroxyl groups is 1. The zero-order chi connectivity index (χ0) is 57.7. The van der Waals surface area contributed by atoms with Crippen molar-refractivity contribution in [2.24, 2.45) is 0 Å². The van der Waals surface area contributed by atoms with Crippen LogP contribution in [0.1, 0.15) is 264 Å². The highest BCUT2D eigenvalue weighted by Crippen LogP contribution is 2.43. The van der Waals surface area contributed by atoms with Gasteiger partial charge in [0.15, 0.2) is 0 Å². The molecule has 0 fully saturated rings. The van der Waals surface area contributed by atoms with E-state index in [9.17, 15) is 19.4 Å². The van der Waals surface area contributed by atoms with Crippen LogP contribution in [0.4, 0.5) is 0 Å². The topological polar surface area (TPSA) is 105 Å². The Morgan fingerprint density at radius 1 is 0.443 bits per heavy atom. The van der Waals surface area contributed by atoms with Crippen LogP contribution in [0.5, 0.6) is 0 Å². The van der Waals surface area contributed by atoms with E-state index in [1.165, 1.54) is 148 Å². The average molecular weight is 1120 g/mol. The van der Waals surface area contributed by atoms with Gasteiger partial charge in [-0.3, -0.25) is 13.8 Å². The first-order valence-electron chi connectivity index (χ1n) is 32.4. The molecule has 3 unspecified atom stereocenters. The van der Waals surface area contributed by atoms with Gasteiger partial charge in [-0.1, -0.05) is 289 Å². The van der Waals surface area contributed by atoms with Crippen molar-refractivity contribution in [3.63, 3.8) is 0 Å². The number of nitrogens with zero attached hydrogens (tertiary/aromatic N) is 1. The van der Waals surface area contributed by atoms with Crippen LogP contribution in [0, 0.1) is 0 Å². The highest BCUT2D eigenvalue weighted by molar-refractivity contribution is 7.47. The molecule has 0 radical (unpaired) electrons. The number of rotatable bonds is 58. The number of phosphoric ester groups is 1. The van der Waals surface area contributed by atoms with Gasteiger partial charge in [-0.25, -0.2) is 4.57 Å². The number of nitrogens with one attached hydrogen (secondary N) is 1. The maximum Gasteiger partial charge on any atom is 0.472 e. The van der Waals surface area contributed by atoms with Gasteiger partial charge in [-0.05, 0) is 89.9 Å². The van der Waals surface area contributed by atoms with E-state index < -0.39 is 20.0 Å². The average Bonchev–Trinajstić information content (AvgIpc) is 3.42. The van der Waals surface area contributed by atoms with E-state index >= 15 is 0 Å². The normalized spacial score (nSPS) is 14.6. The SMILES string of the molecule is CC/C=C\C/C=C\C/C=C\C/C=C\C/C=C\C/C=C\C/C=C\C/C=C\C/C=C\CCCCCCCCCCCCCC(=O)NC(COP(=O)(O)OCC[N+](C)(C)C)C(O)/C=C/CCCCCCCCCCCCCCCCCC. The van der Waals surface area contributed by atoms with E-state index in [0.29, 0.717) is 17.4 Å². The number of phosphoric acid groups is 1. The fourth-order valence-corrected chi connectivity index (χ4v) is 9.65. The lowest BCUT2D eigenvalue weighted by Crippen LogP contribution is -2.45. The molecule has 454 valence electrons. The third-order valence-electron chi connectivity index (χ3n) is 13.9. The largest absolute Gasteiger partial charge is 0.472 e. The second-order valence-electron chi connectivity index (χ2n) is 22.8. The first-order valence-corrected chi connectivity index (χ1v) is 33.9. The molecular formula is C70H124N2O6P+. The Balaban J connectivity index is 4.11. The number of quaternary nitrogens is 1. The molecule has 9 heteroatoms. The Kier molecular flexibility index (Phi) is 57.2. The smallest absolute Gasteiger partial charge is 0.387 e. The van der Waals surface area contributed by atoms with Crippen LogP contribution >= 0.6 is 7.82 Å². The van der Waals surface area contributed by atoms with Crippen molar-refractivity contribution in [3.8, 4) is 0 Å². The van der Waals surface area contributed by atoms with Crippen molar-refractivity contribution < 1.29 is 32.9 Å². The van der Waals surface area contributed by atoms with Crippen molar-refractivity contribution in [2.45, 2.75) is 276 Å². The second kappa shape index (κ2) is 59.5. The van der Waals surface area contributed by atoms with Crippen molar-refractivity contribution >= 4 is 13.7 Å². The van der Waals surface area contributed by atoms with Crippen LogP contribution in [-0.2, 0) is 18.4 Å². The van der Waals surface area contributed by atoms with Gasteiger partial charge in [0.1, 0.15) is 13.2 Å². The summed E-state index contributed by atoms with van der Waals surface area (Å²) < 4.78 is 23.7. The summed E-state index contributed by atoms with van der Waals surface area (Å²) in [7, 11) is 1.56. The molecule has 0 aromatic carbocycles. The zero-order valence-electron chi connectivity index (χ0n) is 51.8. The molecule has 0 bridgehead atoms. The van der Waals surface area contributed by atoms with Crippen LogP contribution in [0.2, 0.25) is 0 Å². The maximum absolute atomic E-state index is 13.0. The van der Waals surface area contributed by atoms with Crippen molar-refractivity contribution in [1.82, 2.24) is 5.32 Å². The summed E-state index contributed by atoms with van der Waals surface area (Å²) in [6.07, 6.45) is 88.8. The van der Waals surface area contributed by atoms with Gasteiger partial charge in [-0.15, -0.1) is 0 Å². The molecule has 3 atom stereocenters. The second-order valence-corrected chi connectivity index (χ2v) is 24.2. The van der Waals surface area contributed by atoms with Crippen molar-refractivity contribution in [2.75, 3.05) is 40.9 Å². The first kappa shape index (κ1) is 75.9. The summed E-state index contributed by atoms with van der Waals surface area (Å²) in [5, 5.41) is 14.0. The van der Waals surface area contributed by atoms with Crippen LogP contribution < -0.4 is 5.32 Å². The molecule has 0 spiro atoms. The van der Waals surface area contributed by atoms with Crippen molar-refractivity contribution in [1.29, 1.82) is 0 Å². The van der Waals surface area contributed by atoms with Crippen molar-refractivity contribution in [3.05, 3.63) is 122 Å². The van der Waals surface area contributed by atoms with E-state index in [1.54, 1.807) is 6.08 Å². The Bertz CT molecular complexity index is 1700. The van der Waals surface area contributed by atoms with Gasteiger partial charge < -0.3 is 19.8 Å². The maximum atomic E-state index is 13.0. The predicted molar refractivity (Wildman–Crippen MR) is 345 cm³/mol. The molecule has 0 aromatic heterocycles. The Hall–Kier alpha value is -3.10. The molecule has 0 rings (SSSR count). The van der Waals surface area contributed by atoms with Crippen LogP contribution in [0.25, 0.3) is 0 Å². The predicted octanol–water partition coefficient (Wildman–Crippen LogP) is 20.5. The molecule has 79 heavy (non-hydrogen) atoms. The molecule has 0 saturated heterocycles. The zero-order valence-corrected chi connectivity index (χ0v) is 52.7. The quantitative estimate of drug-likeness (QED) is 0.0243. The van der Waals surface area contributed by atoms with E-state index in [2.05, 4.69) is 129 Å². The number of carbonyl (C=O) groups excluding carboxylic acids is 1. The lowest BCUT2D eigenvalue weighted by atomic mass is 10.0. The highest BCUT2D eigenvalue weighted by Gasteiger charge is 2.27.